The summed E-state index contributed by atoms with van der Waals surface area (Å²) in [7, 11) is 0. The van der Waals surface area contributed by atoms with Crippen LogP contribution in [0, 0.1) is 0 Å². The maximum absolute atomic E-state index is 11.0. The molecule has 1 aliphatic carbocycles. The lowest BCUT2D eigenvalue weighted by Crippen LogP contribution is -2.15. The quantitative estimate of drug-likeness (QED) is 0.505. The normalized spacial score (nSPS) is 16.0. The molecule has 0 aromatic heterocycles. The molecule has 3 heteroatoms. The number of allylic oxidation sites excluding steroid dienone is 1. The molecule has 0 aromatic carbocycles. The van der Waals surface area contributed by atoms with Gasteiger partial charge in [-0.3, -0.25) is 9.52 Å². The summed E-state index contributed by atoms with van der Waals surface area (Å²) in [5.41, 5.74) is 0. The number of hydrogen-bond donors (Lipinski definition) is 1. The fourth-order valence-electron chi connectivity index (χ4n) is 0.619. The summed E-state index contributed by atoms with van der Waals surface area (Å²) in [5, 5.41) is 0.697. The van der Waals surface area contributed by atoms with Gasteiger partial charge in [0.05, 0.1) is 0 Å². The van der Waals surface area contributed by atoms with Crippen LogP contribution in [0.2, 0.25) is 0 Å². The molecule has 1 rings (SSSR count). The fraction of sp³-hybridized carbons (Fsp3) is 0.625. The summed E-state index contributed by atoms with van der Waals surface area (Å²) in [5.74, 6) is 0.127. The van der Waals surface area contributed by atoms with Crippen molar-refractivity contribution in [1.82, 2.24) is 4.72 Å². The molecule has 0 heterocycles. The topological polar surface area (TPSA) is 29.1 Å². The first-order valence-electron chi connectivity index (χ1n) is 3.88. The summed E-state index contributed by atoms with van der Waals surface area (Å²) in [6.45, 7) is 3.55. The van der Waals surface area contributed by atoms with E-state index >= 15 is 0 Å². The lowest BCUT2D eigenvalue weighted by molar-refractivity contribution is -0.119. The monoisotopic (exact) mass is 171 g/mol. The predicted molar refractivity (Wildman–Crippen MR) is 48.2 cm³/mol. The van der Waals surface area contributed by atoms with Crippen LogP contribution in [-0.2, 0) is 4.79 Å². The van der Waals surface area contributed by atoms with E-state index in [0.29, 0.717) is 11.7 Å². The van der Waals surface area contributed by atoms with Gasteiger partial charge < -0.3 is 0 Å². The average molecular weight is 171 g/mol. The Morgan fingerprint density at radius 1 is 1.73 bits per heavy atom. The fourth-order valence-corrected chi connectivity index (χ4v) is 1.39. The zero-order chi connectivity index (χ0) is 8.10. The SMILES string of the molecule is C=CCCC(=O)NSC1CC1. The highest BCUT2D eigenvalue weighted by Gasteiger charge is 2.22. The molecule has 0 atom stereocenters. The molecule has 0 bridgehead atoms. The maximum Gasteiger partial charge on any atom is 0.230 e. The van der Waals surface area contributed by atoms with Gasteiger partial charge in [0.2, 0.25) is 5.91 Å². The van der Waals surface area contributed by atoms with Crippen molar-refractivity contribution in [1.29, 1.82) is 0 Å². The predicted octanol–water partition coefficient (Wildman–Crippen LogP) is 1.88. The van der Waals surface area contributed by atoms with Gasteiger partial charge in [-0.25, -0.2) is 0 Å². The number of nitrogens with one attached hydrogen (secondary N) is 1. The minimum atomic E-state index is 0.127. The highest BCUT2D eigenvalue weighted by Crippen LogP contribution is 2.31. The first-order chi connectivity index (χ1) is 5.33. The van der Waals surface area contributed by atoms with E-state index in [0.717, 1.165) is 6.42 Å². The van der Waals surface area contributed by atoms with Crippen LogP contribution in [0.25, 0.3) is 0 Å². The average Bonchev–Trinajstić information content (AvgIpc) is 2.80. The molecule has 0 unspecified atom stereocenters. The van der Waals surface area contributed by atoms with E-state index in [1.807, 2.05) is 0 Å². The van der Waals surface area contributed by atoms with Crippen LogP contribution in [0.15, 0.2) is 12.7 Å². The van der Waals surface area contributed by atoms with E-state index in [-0.39, 0.29) is 5.91 Å². The van der Waals surface area contributed by atoms with E-state index in [1.165, 1.54) is 12.8 Å². The third-order valence-corrected chi connectivity index (χ3v) is 2.59. The van der Waals surface area contributed by atoms with Crippen molar-refractivity contribution in [3.63, 3.8) is 0 Å². The first kappa shape index (κ1) is 8.65. The minimum Gasteiger partial charge on any atom is -0.300 e. The van der Waals surface area contributed by atoms with Gasteiger partial charge in [-0.05, 0) is 31.2 Å². The molecule has 11 heavy (non-hydrogen) atoms. The molecule has 1 aliphatic rings. The zero-order valence-electron chi connectivity index (χ0n) is 6.51. The highest BCUT2D eigenvalue weighted by atomic mass is 32.2. The van der Waals surface area contributed by atoms with Crippen LogP contribution in [0.3, 0.4) is 0 Å². The summed E-state index contributed by atoms with van der Waals surface area (Å²) < 4.78 is 2.81. The van der Waals surface area contributed by atoms with E-state index in [4.69, 9.17) is 0 Å². The van der Waals surface area contributed by atoms with Crippen molar-refractivity contribution in [3.8, 4) is 0 Å². The summed E-state index contributed by atoms with van der Waals surface area (Å²) in [6, 6.07) is 0. The van der Waals surface area contributed by atoms with Gasteiger partial charge in [-0.1, -0.05) is 6.08 Å². The van der Waals surface area contributed by atoms with Gasteiger partial charge in [0.25, 0.3) is 0 Å². The Hall–Kier alpha value is -0.440. The molecule has 1 fully saturated rings. The summed E-state index contributed by atoms with van der Waals surface area (Å²) >= 11 is 1.57. The number of carbonyl (C=O) groups excluding carboxylic acids is 1. The van der Waals surface area contributed by atoms with Gasteiger partial charge in [0, 0.05) is 11.7 Å². The van der Waals surface area contributed by atoms with Crippen LogP contribution >= 0.6 is 11.9 Å². The van der Waals surface area contributed by atoms with Crippen LogP contribution in [0.4, 0.5) is 0 Å². The second kappa shape index (κ2) is 4.44. The molecule has 0 radical (unpaired) electrons. The molecule has 1 N–H and O–H groups in total. The molecule has 62 valence electrons. The van der Waals surface area contributed by atoms with E-state index < -0.39 is 0 Å². The van der Waals surface area contributed by atoms with Crippen molar-refractivity contribution in [2.75, 3.05) is 0 Å². The smallest absolute Gasteiger partial charge is 0.230 e. The first-order valence-corrected chi connectivity index (χ1v) is 4.76. The van der Waals surface area contributed by atoms with Crippen LogP contribution < -0.4 is 4.72 Å². The van der Waals surface area contributed by atoms with Crippen molar-refractivity contribution in [3.05, 3.63) is 12.7 Å². The Bertz CT molecular complexity index is 154. The van der Waals surface area contributed by atoms with Gasteiger partial charge in [-0.15, -0.1) is 6.58 Å². The molecule has 0 aromatic rings. The Kier molecular flexibility index (Phi) is 3.49. The van der Waals surface area contributed by atoms with Crippen molar-refractivity contribution in [2.45, 2.75) is 30.9 Å². The molecule has 0 aliphatic heterocycles. The lowest BCUT2D eigenvalue weighted by Gasteiger charge is -1.99. The van der Waals surface area contributed by atoms with Crippen LogP contribution in [-0.4, -0.2) is 11.2 Å². The number of amides is 1. The van der Waals surface area contributed by atoms with Crippen LogP contribution in [0.5, 0.6) is 0 Å². The van der Waals surface area contributed by atoms with Gasteiger partial charge in [-0.2, -0.15) is 0 Å². The van der Waals surface area contributed by atoms with E-state index in [9.17, 15) is 4.79 Å². The molecule has 2 nitrogen and oxygen atoms in total. The molecule has 0 spiro atoms. The summed E-state index contributed by atoms with van der Waals surface area (Å²) in [6.07, 6.45) is 5.63. The summed E-state index contributed by atoms with van der Waals surface area (Å²) in [4.78, 5) is 11.0. The number of carbonyl (C=O) groups is 1. The molecule has 0 saturated heterocycles. The van der Waals surface area contributed by atoms with E-state index in [1.54, 1.807) is 18.0 Å². The second-order valence-corrected chi connectivity index (χ2v) is 3.78. The Morgan fingerprint density at radius 3 is 3.00 bits per heavy atom. The third kappa shape index (κ3) is 4.09. The largest absolute Gasteiger partial charge is 0.300 e. The molecule has 1 amide bonds. The van der Waals surface area contributed by atoms with Crippen molar-refractivity contribution < 1.29 is 4.79 Å². The standard InChI is InChI=1S/C8H13NOS/c1-2-3-4-8(10)9-11-7-5-6-7/h2,7H,1,3-6H2,(H,9,10). The van der Waals surface area contributed by atoms with E-state index in [2.05, 4.69) is 11.3 Å². The van der Waals surface area contributed by atoms with Gasteiger partial charge in [0.1, 0.15) is 0 Å². The second-order valence-electron chi connectivity index (χ2n) is 2.67. The maximum atomic E-state index is 11.0. The molecular formula is C8H13NOS. The van der Waals surface area contributed by atoms with Crippen LogP contribution in [0.1, 0.15) is 25.7 Å². The highest BCUT2D eigenvalue weighted by molar-refractivity contribution is 7.98. The molecular weight excluding hydrogens is 158 g/mol. The Morgan fingerprint density at radius 2 is 2.45 bits per heavy atom. The van der Waals surface area contributed by atoms with Gasteiger partial charge in [0.15, 0.2) is 0 Å². The number of hydrogen-bond acceptors (Lipinski definition) is 2. The third-order valence-electron chi connectivity index (χ3n) is 1.44. The van der Waals surface area contributed by atoms with Crippen molar-refractivity contribution >= 4 is 17.9 Å². The zero-order valence-corrected chi connectivity index (χ0v) is 7.32. The van der Waals surface area contributed by atoms with Crippen molar-refractivity contribution in [2.24, 2.45) is 0 Å². The Labute approximate surface area is 71.6 Å². The number of rotatable bonds is 5. The van der Waals surface area contributed by atoms with Gasteiger partial charge >= 0.3 is 0 Å². The minimum absolute atomic E-state index is 0.127. The molecule has 1 saturated carbocycles. The lowest BCUT2D eigenvalue weighted by atomic mass is 10.3. The Balaban J connectivity index is 1.95.